The highest BCUT2D eigenvalue weighted by molar-refractivity contribution is 5.94. The quantitative estimate of drug-likeness (QED) is 0.871. The number of hydrogen-bond acceptors (Lipinski definition) is 4. The second-order valence-electron chi connectivity index (χ2n) is 6.42. The molecular formula is C19H24N4O. The van der Waals surface area contributed by atoms with E-state index in [1.165, 1.54) is 0 Å². The number of aryl methyl sites for hydroxylation is 2. The standard InChI is InChI=1S/C19H24N4O/c1-14-13-18(21-15(2)20-14)23-11-9-17(10-12-23)22(3)19(24)16-7-5-4-6-8-16/h4-8,13,17H,9-12H2,1-3H3. The van der Waals surface area contributed by atoms with Gasteiger partial charge in [0.05, 0.1) is 0 Å². The van der Waals surface area contributed by atoms with E-state index in [1.54, 1.807) is 0 Å². The van der Waals surface area contributed by atoms with Crippen molar-refractivity contribution in [3.8, 4) is 0 Å². The first-order valence-electron chi connectivity index (χ1n) is 8.44. The van der Waals surface area contributed by atoms with Crippen LogP contribution >= 0.6 is 0 Å². The van der Waals surface area contributed by atoms with Crippen LogP contribution in [0.5, 0.6) is 0 Å². The van der Waals surface area contributed by atoms with Gasteiger partial charge in [0.2, 0.25) is 0 Å². The van der Waals surface area contributed by atoms with E-state index in [0.717, 1.165) is 48.8 Å². The molecule has 1 aliphatic rings. The molecule has 2 heterocycles. The third-order valence-electron chi connectivity index (χ3n) is 4.63. The van der Waals surface area contributed by atoms with E-state index in [1.807, 2.05) is 62.2 Å². The topological polar surface area (TPSA) is 49.3 Å². The number of aromatic nitrogens is 2. The normalized spacial score (nSPS) is 15.4. The van der Waals surface area contributed by atoms with E-state index in [9.17, 15) is 4.79 Å². The molecule has 1 saturated heterocycles. The van der Waals surface area contributed by atoms with Crippen molar-refractivity contribution in [2.75, 3.05) is 25.0 Å². The number of amides is 1. The third-order valence-corrected chi connectivity index (χ3v) is 4.63. The molecule has 0 spiro atoms. The molecule has 0 radical (unpaired) electrons. The molecule has 0 aliphatic carbocycles. The van der Waals surface area contributed by atoms with Crippen LogP contribution in [0.25, 0.3) is 0 Å². The predicted octanol–water partition coefficient (Wildman–Crippen LogP) is 2.83. The molecule has 0 bridgehead atoms. The fraction of sp³-hybridized carbons (Fsp3) is 0.421. The van der Waals surface area contributed by atoms with E-state index < -0.39 is 0 Å². The zero-order valence-corrected chi connectivity index (χ0v) is 14.6. The van der Waals surface area contributed by atoms with Crippen LogP contribution in [0.2, 0.25) is 0 Å². The largest absolute Gasteiger partial charge is 0.356 e. The number of anilines is 1. The molecule has 0 saturated carbocycles. The average molecular weight is 324 g/mol. The SMILES string of the molecule is Cc1cc(N2CCC(N(C)C(=O)c3ccccc3)CC2)nc(C)n1. The van der Waals surface area contributed by atoms with Gasteiger partial charge in [0, 0.05) is 43.5 Å². The number of benzene rings is 1. The Labute approximate surface area is 143 Å². The maximum Gasteiger partial charge on any atom is 0.253 e. The molecule has 0 N–H and O–H groups in total. The fourth-order valence-corrected chi connectivity index (χ4v) is 3.29. The van der Waals surface area contributed by atoms with Crippen molar-refractivity contribution < 1.29 is 4.79 Å². The summed E-state index contributed by atoms with van der Waals surface area (Å²) in [5, 5.41) is 0. The van der Waals surface area contributed by atoms with Crippen LogP contribution in [0.4, 0.5) is 5.82 Å². The molecule has 2 aromatic rings. The van der Waals surface area contributed by atoms with Gasteiger partial charge in [-0.1, -0.05) is 18.2 Å². The van der Waals surface area contributed by atoms with Gasteiger partial charge in [-0.3, -0.25) is 4.79 Å². The van der Waals surface area contributed by atoms with Gasteiger partial charge < -0.3 is 9.80 Å². The number of nitrogens with zero attached hydrogens (tertiary/aromatic N) is 4. The van der Waals surface area contributed by atoms with Crippen LogP contribution in [0.15, 0.2) is 36.4 Å². The van der Waals surface area contributed by atoms with Crippen molar-refractivity contribution in [2.45, 2.75) is 32.7 Å². The third kappa shape index (κ3) is 3.55. The summed E-state index contributed by atoms with van der Waals surface area (Å²) < 4.78 is 0. The van der Waals surface area contributed by atoms with Crippen molar-refractivity contribution in [3.63, 3.8) is 0 Å². The Bertz CT molecular complexity index is 688. The highest BCUT2D eigenvalue weighted by Crippen LogP contribution is 2.22. The van der Waals surface area contributed by atoms with E-state index in [0.29, 0.717) is 0 Å². The van der Waals surface area contributed by atoms with Crippen LogP contribution in [0, 0.1) is 13.8 Å². The zero-order chi connectivity index (χ0) is 17.1. The summed E-state index contributed by atoms with van der Waals surface area (Å²) >= 11 is 0. The molecule has 5 heteroatoms. The highest BCUT2D eigenvalue weighted by Gasteiger charge is 2.26. The first-order valence-corrected chi connectivity index (χ1v) is 8.44. The average Bonchev–Trinajstić information content (AvgIpc) is 2.60. The van der Waals surface area contributed by atoms with Crippen LogP contribution in [-0.4, -0.2) is 47.0 Å². The molecule has 0 atom stereocenters. The lowest BCUT2D eigenvalue weighted by molar-refractivity contribution is 0.0709. The highest BCUT2D eigenvalue weighted by atomic mass is 16.2. The van der Waals surface area contributed by atoms with Crippen LogP contribution in [-0.2, 0) is 0 Å². The molecule has 1 aliphatic heterocycles. The summed E-state index contributed by atoms with van der Waals surface area (Å²) in [6.07, 6.45) is 1.91. The maximum absolute atomic E-state index is 12.6. The molecule has 3 rings (SSSR count). The summed E-state index contributed by atoms with van der Waals surface area (Å²) in [7, 11) is 1.91. The van der Waals surface area contributed by atoms with Gasteiger partial charge in [0.15, 0.2) is 0 Å². The maximum atomic E-state index is 12.6. The Morgan fingerprint density at radius 2 is 1.79 bits per heavy atom. The van der Waals surface area contributed by atoms with Crippen molar-refractivity contribution >= 4 is 11.7 Å². The van der Waals surface area contributed by atoms with E-state index in [-0.39, 0.29) is 11.9 Å². The summed E-state index contributed by atoms with van der Waals surface area (Å²) in [5.41, 5.74) is 1.75. The Morgan fingerprint density at radius 1 is 1.12 bits per heavy atom. The molecule has 1 amide bonds. The van der Waals surface area contributed by atoms with Crippen molar-refractivity contribution in [1.82, 2.24) is 14.9 Å². The molecule has 24 heavy (non-hydrogen) atoms. The number of carbonyl (C=O) groups excluding carboxylic acids is 1. The Kier molecular flexibility index (Phi) is 4.79. The van der Waals surface area contributed by atoms with Crippen LogP contribution in [0.3, 0.4) is 0 Å². The van der Waals surface area contributed by atoms with E-state index in [2.05, 4.69) is 14.9 Å². The summed E-state index contributed by atoms with van der Waals surface area (Å²) in [4.78, 5) is 25.6. The minimum absolute atomic E-state index is 0.0998. The van der Waals surface area contributed by atoms with Gasteiger partial charge in [-0.25, -0.2) is 9.97 Å². The first-order chi connectivity index (χ1) is 11.5. The van der Waals surface area contributed by atoms with E-state index >= 15 is 0 Å². The minimum atomic E-state index is 0.0998. The number of rotatable bonds is 3. The Hall–Kier alpha value is -2.43. The van der Waals surface area contributed by atoms with Gasteiger partial charge in [-0.05, 0) is 38.8 Å². The summed E-state index contributed by atoms with van der Waals surface area (Å²) in [5.74, 6) is 1.90. The van der Waals surface area contributed by atoms with Gasteiger partial charge in [-0.2, -0.15) is 0 Å². The number of hydrogen-bond donors (Lipinski definition) is 0. The second-order valence-corrected chi connectivity index (χ2v) is 6.42. The molecule has 5 nitrogen and oxygen atoms in total. The first kappa shape index (κ1) is 16.4. The van der Waals surface area contributed by atoms with Gasteiger partial charge in [0.25, 0.3) is 5.91 Å². The lowest BCUT2D eigenvalue weighted by Gasteiger charge is -2.37. The van der Waals surface area contributed by atoms with Gasteiger partial charge >= 0.3 is 0 Å². The molecule has 126 valence electrons. The zero-order valence-electron chi connectivity index (χ0n) is 14.6. The van der Waals surface area contributed by atoms with Gasteiger partial charge in [0.1, 0.15) is 11.6 Å². The minimum Gasteiger partial charge on any atom is -0.356 e. The summed E-state index contributed by atoms with van der Waals surface area (Å²) in [6, 6.07) is 11.8. The fourth-order valence-electron chi connectivity index (χ4n) is 3.29. The summed E-state index contributed by atoms with van der Waals surface area (Å²) in [6.45, 7) is 5.74. The van der Waals surface area contributed by atoms with Crippen LogP contribution in [0.1, 0.15) is 34.7 Å². The van der Waals surface area contributed by atoms with Crippen molar-refractivity contribution in [2.24, 2.45) is 0 Å². The lowest BCUT2D eigenvalue weighted by Crippen LogP contribution is -2.46. The number of piperidine rings is 1. The number of carbonyl (C=O) groups is 1. The molecular weight excluding hydrogens is 300 g/mol. The van der Waals surface area contributed by atoms with Crippen LogP contribution < -0.4 is 4.90 Å². The predicted molar refractivity (Wildman–Crippen MR) is 95.3 cm³/mol. The molecule has 1 aromatic heterocycles. The molecule has 0 unspecified atom stereocenters. The lowest BCUT2D eigenvalue weighted by atomic mass is 10.0. The van der Waals surface area contributed by atoms with Gasteiger partial charge in [-0.15, -0.1) is 0 Å². The van der Waals surface area contributed by atoms with Crippen molar-refractivity contribution in [1.29, 1.82) is 0 Å². The smallest absolute Gasteiger partial charge is 0.253 e. The molecule has 1 aromatic carbocycles. The molecule has 1 fully saturated rings. The van der Waals surface area contributed by atoms with E-state index in [4.69, 9.17) is 0 Å². The second kappa shape index (κ2) is 6.99. The Morgan fingerprint density at radius 3 is 2.42 bits per heavy atom. The monoisotopic (exact) mass is 324 g/mol. The van der Waals surface area contributed by atoms with Crippen molar-refractivity contribution in [3.05, 3.63) is 53.5 Å². The Balaban J connectivity index is 1.63.